The molecule has 0 aliphatic heterocycles. The van der Waals surface area contributed by atoms with Crippen molar-refractivity contribution in [1.82, 2.24) is 5.32 Å². The highest BCUT2D eigenvalue weighted by molar-refractivity contribution is 5.67. The third-order valence-corrected chi connectivity index (χ3v) is 3.43. The molecule has 0 heterocycles. The molecule has 0 saturated heterocycles. The number of alkyl carbamates (subject to hydrolysis) is 1. The summed E-state index contributed by atoms with van der Waals surface area (Å²) in [6, 6.07) is 9.32. The highest BCUT2D eigenvalue weighted by atomic mass is 16.5. The molecule has 2 N–H and O–H groups in total. The van der Waals surface area contributed by atoms with Crippen LogP contribution in [0.15, 0.2) is 30.3 Å². The maximum Gasteiger partial charge on any atom is 0.407 e. The molecule has 1 aromatic rings. The van der Waals surface area contributed by atoms with Crippen molar-refractivity contribution in [1.29, 1.82) is 0 Å². The maximum atomic E-state index is 11.8. The van der Waals surface area contributed by atoms with E-state index in [1.165, 1.54) is 0 Å². The van der Waals surface area contributed by atoms with Crippen LogP contribution in [-0.2, 0) is 11.3 Å². The molecule has 0 saturated carbocycles. The van der Waals surface area contributed by atoms with Gasteiger partial charge in [0.2, 0.25) is 0 Å². The summed E-state index contributed by atoms with van der Waals surface area (Å²) in [7, 11) is 0. The van der Waals surface area contributed by atoms with Crippen molar-refractivity contribution in [3.05, 3.63) is 35.9 Å². The number of hydrogen-bond acceptors (Lipinski definition) is 3. The molecule has 4 heteroatoms. The van der Waals surface area contributed by atoms with Crippen molar-refractivity contribution in [2.24, 2.45) is 0 Å². The van der Waals surface area contributed by atoms with Crippen LogP contribution >= 0.6 is 0 Å². The van der Waals surface area contributed by atoms with Crippen LogP contribution in [0.3, 0.4) is 0 Å². The quantitative estimate of drug-likeness (QED) is 0.731. The van der Waals surface area contributed by atoms with Crippen molar-refractivity contribution in [2.75, 3.05) is 0 Å². The first-order chi connectivity index (χ1) is 10.2. The Morgan fingerprint density at radius 3 is 2.52 bits per heavy atom. The van der Waals surface area contributed by atoms with Gasteiger partial charge in [0.15, 0.2) is 0 Å². The zero-order valence-electron chi connectivity index (χ0n) is 13.0. The number of carbonyl (C=O) groups excluding carboxylic acids is 1. The Bertz CT molecular complexity index is 394. The van der Waals surface area contributed by atoms with E-state index in [9.17, 15) is 9.90 Å². The van der Waals surface area contributed by atoms with Crippen LogP contribution in [0.4, 0.5) is 4.79 Å². The summed E-state index contributed by atoms with van der Waals surface area (Å²) >= 11 is 0. The molecular weight excluding hydrogens is 266 g/mol. The number of unbranched alkanes of at least 4 members (excludes halogenated alkanes) is 1. The summed E-state index contributed by atoms with van der Waals surface area (Å²) < 4.78 is 5.20. The van der Waals surface area contributed by atoms with Crippen LogP contribution in [0.25, 0.3) is 0 Å². The number of benzene rings is 1. The average molecular weight is 293 g/mol. The van der Waals surface area contributed by atoms with Gasteiger partial charge in [-0.3, -0.25) is 0 Å². The fourth-order valence-corrected chi connectivity index (χ4v) is 2.20. The van der Waals surface area contributed by atoms with Gasteiger partial charge >= 0.3 is 6.09 Å². The van der Waals surface area contributed by atoms with Crippen LogP contribution < -0.4 is 5.32 Å². The summed E-state index contributed by atoms with van der Waals surface area (Å²) in [4.78, 5) is 11.8. The molecule has 0 aromatic heterocycles. The van der Waals surface area contributed by atoms with Crippen molar-refractivity contribution in [3.63, 3.8) is 0 Å². The van der Waals surface area contributed by atoms with Crippen LogP contribution in [0.1, 0.15) is 51.5 Å². The molecule has 21 heavy (non-hydrogen) atoms. The number of hydrogen-bond donors (Lipinski definition) is 2. The van der Waals surface area contributed by atoms with E-state index < -0.39 is 12.2 Å². The Labute approximate surface area is 127 Å². The number of ether oxygens (including phenoxy) is 1. The molecule has 4 nitrogen and oxygen atoms in total. The lowest BCUT2D eigenvalue weighted by molar-refractivity contribution is 0.0920. The van der Waals surface area contributed by atoms with Crippen molar-refractivity contribution >= 4 is 6.09 Å². The summed E-state index contributed by atoms with van der Waals surface area (Å²) in [5, 5.41) is 12.9. The predicted molar refractivity (Wildman–Crippen MR) is 84.0 cm³/mol. The number of carbonyl (C=O) groups is 1. The molecule has 2 atom stereocenters. The Morgan fingerprint density at radius 2 is 1.90 bits per heavy atom. The van der Waals surface area contributed by atoms with Crippen LogP contribution in [-0.4, -0.2) is 23.3 Å². The fourth-order valence-electron chi connectivity index (χ4n) is 2.20. The number of nitrogens with one attached hydrogen (secondary N) is 1. The first kappa shape index (κ1) is 17.5. The Kier molecular flexibility index (Phi) is 8.51. The molecule has 0 aliphatic rings. The maximum absolute atomic E-state index is 11.8. The average Bonchev–Trinajstić information content (AvgIpc) is 2.51. The van der Waals surface area contributed by atoms with Gasteiger partial charge in [-0.1, -0.05) is 63.4 Å². The Hall–Kier alpha value is -1.55. The zero-order chi connectivity index (χ0) is 15.5. The second kappa shape index (κ2) is 10.2. The highest BCUT2D eigenvalue weighted by Gasteiger charge is 2.20. The Balaban J connectivity index is 2.40. The largest absolute Gasteiger partial charge is 0.445 e. The van der Waals surface area contributed by atoms with Gasteiger partial charge in [0.05, 0.1) is 12.1 Å². The summed E-state index contributed by atoms with van der Waals surface area (Å²) in [6.07, 6.45) is 3.40. The number of rotatable bonds is 9. The molecule has 0 spiro atoms. The van der Waals surface area contributed by atoms with Gasteiger partial charge in [0.25, 0.3) is 0 Å². The van der Waals surface area contributed by atoms with Gasteiger partial charge in [0.1, 0.15) is 6.61 Å². The zero-order valence-corrected chi connectivity index (χ0v) is 13.0. The molecule has 1 rings (SSSR count). The monoisotopic (exact) mass is 293 g/mol. The molecule has 0 fully saturated rings. The standard InChI is InChI=1S/C17H27NO3/c1-3-5-12-16(19)15(9-4-2)18-17(20)21-13-14-10-7-6-8-11-14/h6-8,10-11,15-16,19H,3-5,9,12-13H2,1-2H3,(H,18,20)/t15-,16-/m0/s1. The molecule has 0 bridgehead atoms. The van der Waals surface area contributed by atoms with Crippen LogP contribution in [0, 0.1) is 0 Å². The minimum absolute atomic E-state index is 0.232. The van der Waals surface area contributed by atoms with Gasteiger partial charge in [-0.25, -0.2) is 4.79 Å². The van der Waals surface area contributed by atoms with Crippen LogP contribution in [0.2, 0.25) is 0 Å². The molecule has 0 aliphatic carbocycles. The number of aliphatic hydroxyl groups excluding tert-OH is 1. The van der Waals surface area contributed by atoms with E-state index in [0.717, 1.165) is 31.2 Å². The first-order valence-corrected chi connectivity index (χ1v) is 7.82. The minimum Gasteiger partial charge on any atom is -0.445 e. The second-order valence-electron chi connectivity index (χ2n) is 5.31. The van der Waals surface area contributed by atoms with E-state index >= 15 is 0 Å². The van der Waals surface area contributed by atoms with Gasteiger partial charge in [-0.2, -0.15) is 0 Å². The third kappa shape index (κ3) is 7.14. The van der Waals surface area contributed by atoms with Crippen molar-refractivity contribution < 1.29 is 14.6 Å². The normalized spacial score (nSPS) is 13.5. The fraction of sp³-hybridized carbons (Fsp3) is 0.588. The highest BCUT2D eigenvalue weighted by Crippen LogP contribution is 2.10. The SMILES string of the molecule is CCCC[C@H](O)[C@H](CCC)NC(=O)OCc1ccccc1. The van der Waals surface area contributed by atoms with E-state index in [1.54, 1.807) is 0 Å². The van der Waals surface area contributed by atoms with Gasteiger partial charge in [-0.05, 0) is 18.4 Å². The van der Waals surface area contributed by atoms with Gasteiger partial charge in [-0.15, -0.1) is 0 Å². The van der Waals surface area contributed by atoms with E-state index in [-0.39, 0.29) is 12.6 Å². The lowest BCUT2D eigenvalue weighted by atomic mass is 10.0. The van der Waals surface area contributed by atoms with Gasteiger partial charge < -0.3 is 15.2 Å². The second-order valence-corrected chi connectivity index (χ2v) is 5.31. The number of aliphatic hydroxyl groups is 1. The lowest BCUT2D eigenvalue weighted by Gasteiger charge is -2.23. The molecule has 1 aromatic carbocycles. The summed E-state index contributed by atoms with van der Waals surface area (Å²) in [5.74, 6) is 0. The molecule has 1 amide bonds. The topological polar surface area (TPSA) is 58.6 Å². The van der Waals surface area contributed by atoms with E-state index in [1.807, 2.05) is 37.3 Å². The van der Waals surface area contributed by atoms with Crippen molar-refractivity contribution in [2.45, 2.75) is 64.7 Å². The van der Waals surface area contributed by atoms with E-state index in [2.05, 4.69) is 12.2 Å². The first-order valence-electron chi connectivity index (χ1n) is 7.82. The summed E-state index contributed by atoms with van der Waals surface area (Å²) in [5.41, 5.74) is 0.950. The predicted octanol–water partition coefficient (Wildman–Crippen LogP) is 3.63. The molecule has 0 radical (unpaired) electrons. The van der Waals surface area contributed by atoms with E-state index in [0.29, 0.717) is 6.42 Å². The molecule has 0 unspecified atom stereocenters. The Morgan fingerprint density at radius 1 is 1.19 bits per heavy atom. The smallest absolute Gasteiger partial charge is 0.407 e. The molecule has 118 valence electrons. The summed E-state index contributed by atoms with van der Waals surface area (Å²) in [6.45, 7) is 4.37. The third-order valence-electron chi connectivity index (χ3n) is 3.43. The minimum atomic E-state index is -0.505. The molecular formula is C17H27NO3. The lowest BCUT2D eigenvalue weighted by Crippen LogP contribution is -2.43. The van der Waals surface area contributed by atoms with Crippen LogP contribution in [0.5, 0.6) is 0 Å². The van der Waals surface area contributed by atoms with E-state index in [4.69, 9.17) is 4.74 Å². The van der Waals surface area contributed by atoms with Gasteiger partial charge in [0, 0.05) is 0 Å². The van der Waals surface area contributed by atoms with Crippen molar-refractivity contribution in [3.8, 4) is 0 Å². The number of amides is 1.